The number of carboxylic acid groups (broad SMARTS) is 1. The molecule has 1 aromatic carbocycles. The number of anilines is 2. The van der Waals surface area contributed by atoms with Gasteiger partial charge in [0, 0.05) is 11.7 Å². The summed E-state index contributed by atoms with van der Waals surface area (Å²) in [6.45, 7) is 4.17. The molecule has 0 aliphatic rings. The minimum absolute atomic E-state index is 0.118. The summed E-state index contributed by atoms with van der Waals surface area (Å²) in [5.41, 5.74) is 6.54. The fourth-order valence-corrected chi connectivity index (χ4v) is 2.24. The number of nitrogen functional groups attached to an aromatic ring is 1. The number of unbranched alkanes of at least 4 members (excludes halogenated alkanes) is 2. The van der Waals surface area contributed by atoms with Crippen molar-refractivity contribution < 1.29 is 9.90 Å². The topological polar surface area (TPSA) is 75.3 Å². The Morgan fingerprint density at radius 2 is 2.16 bits per heavy atom. The number of rotatable bonds is 7. The molecular formula is C14H21ClN2O2. The lowest BCUT2D eigenvalue weighted by Gasteiger charge is -2.18. The molecule has 19 heavy (non-hydrogen) atoms. The van der Waals surface area contributed by atoms with E-state index in [1.807, 2.05) is 6.92 Å². The van der Waals surface area contributed by atoms with E-state index in [9.17, 15) is 9.90 Å². The fraction of sp³-hybridized carbons (Fsp3) is 0.500. The smallest absolute Gasteiger partial charge is 0.337 e. The first-order chi connectivity index (χ1) is 8.95. The highest BCUT2D eigenvalue weighted by Crippen LogP contribution is 2.30. The Morgan fingerprint density at radius 3 is 2.74 bits per heavy atom. The molecule has 1 unspecified atom stereocenters. The summed E-state index contributed by atoms with van der Waals surface area (Å²) in [7, 11) is 0. The lowest BCUT2D eigenvalue weighted by atomic mass is 10.1. The zero-order chi connectivity index (χ0) is 14.4. The van der Waals surface area contributed by atoms with Gasteiger partial charge >= 0.3 is 5.97 Å². The number of benzene rings is 1. The first-order valence-electron chi connectivity index (χ1n) is 6.54. The number of nitrogens with two attached hydrogens (primary N) is 1. The maximum absolute atomic E-state index is 11.2. The van der Waals surface area contributed by atoms with Crippen molar-refractivity contribution in [1.82, 2.24) is 0 Å². The summed E-state index contributed by atoms with van der Waals surface area (Å²) >= 11 is 6.08. The average Bonchev–Trinajstić information content (AvgIpc) is 2.32. The average molecular weight is 285 g/mol. The van der Waals surface area contributed by atoms with Crippen molar-refractivity contribution in [2.45, 2.75) is 45.6 Å². The van der Waals surface area contributed by atoms with E-state index < -0.39 is 5.97 Å². The second kappa shape index (κ2) is 7.24. The van der Waals surface area contributed by atoms with E-state index in [0.717, 1.165) is 19.3 Å². The Morgan fingerprint density at radius 1 is 1.47 bits per heavy atom. The van der Waals surface area contributed by atoms with Gasteiger partial charge in [-0.1, -0.05) is 37.8 Å². The predicted octanol–water partition coefficient (Wildman–Crippen LogP) is 4.00. The van der Waals surface area contributed by atoms with Gasteiger partial charge in [0.2, 0.25) is 0 Å². The summed E-state index contributed by atoms with van der Waals surface area (Å²) in [4.78, 5) is 11.2. The Balaban J connectivity index is 2.84. The van der Waals surface area contributed by atoms with Gasteiger partial charge in [0.1, 0.15) is 0 Å². The summed E-state index contributed by atoms with van der Waals surface area (Å²) in [5, 5.41) is 12.7. The molecule has 0 aromatic heterocycles. The Hall–Kier alpha value is -1.42. The Labute approximate surface area is 118 Å². The van der Waals surface area contributed by atoms with E-state index in [2.05, 4.69) is 12.2 Å². The Bertz CT molecular complexity index is 449. The highest BCUT2D eigenvalue weighted by Gasteiger charge is 2.16. The first kappa shape index (κ1) is 15.6. The number of hydrogen-bond donors (Lipinski definition) is 3. The van der Waals surface area contributed by atoms with Gasteiger partial charge in [-0.3, -0.25) is 0 Å². The van der Waals surface area contributed by atoms with Gasteiger partial charge in [-0.2, -0.15) is 0 Å². The van der Waals surface area contributed by atoms with E-state index in [1.165, 1.54) is 12.5 Å². The minimum Gasteiger partial charge on any atom is -0.478 e. The SMILES string of the molecule is CCCCCC(C)Nc1c(Cl)cc(N)cc1C(=O)O. The molecule has 1 aromatic rings. The van der Waals surface area contributed by atoms with Crippen LogP contribution in [0.1, 0.15) is 49.9 Å². The van der Waals surface area contributed by atoms with Crippen LogP contribution < -0.4 is 11.1 Å². The maximum atomic E-state index is 11.2. The maximum Gasteiger partial charge on any atom is 0.337 e. The van der Waals surface area contributed by atoms with Crippen molar-refractivity contribution >= 4 is 28.9 Å². The number of halogens is 1. The quantitative estimate of drug-likeness (QED) is 0.522. The molecule has 0 aliphatic carbocycles. The molecule has 0 aliphatic heterocycles. The number of hydrogen-bond acceptors (Lipinski definition) is 3. The molecule has 0 bridgehead atoms. The van der Waals surface area contributed by atoms with Gasteiger partial charge in [-0.05, 0) is 25.5 Å². The van der Waals surface area contributed by atoms with Crippen LogP contribution in [0.2, 0.25) is 5.02 Å². The van der Waals surface area contributed by atoms with E-state index in [0.29, 0.717) is 16.4 Å². The van der Waals surface area contributed by atoms with Crippen LogP contribution in [-0.4, -0.2) is 17.1 Å². The summed E-state index contributed by atoms with van der Waals surface area (Å²) < 4.78 is 0. The molecule has 4 nitrogen and oxygen atoms in total. The molecule has 1 atom stereocenters. The van der Waals surface area contributed by atoms with Crippen molar-refractivity contribution in [2.75, 3.05) is 11.1 Å². The third-order valence-corrected chi connectivity index (χ3v) is 3.27. The van der Waals surface area contributed by atoms with Gasteiger partial charge < -0.3 is 16.2 Å². The summed E-state index contributed by atoms with van der Waals surface area (Å²) in [6, 6.07) is 3.16. The molecular weight excluding hydrogens is 264 g/mol. The van der Waals surface area contributed by atoms with Gasteiger partial charge in [0.25, 0.3) is 0 Å². The largest absolute Gasteiger partial charge is 0.478 e. The van der Waals surface area contributed by atoms with Gasteiger partial charge in [0.15, 0.2) is 0 Å². The molecule has 0 radical (unpaired) electrons. The monoisotopic (exact) mass is 284 g/mol. The van der Waals surface area contributed by atoms with Crippen LogP contribution >= 0.6 is 11.6 Å². The molecule has 106 valence electrons. The third-order valence-electron chi connectivity index (χ3n) is 2.97. The summed E-state index contributed by atoms with van der Waals surface area (Å²) in [6.07, 6.45) is 4.43. The lowest BCUT2D eigenvalue weighted by Crippen LogP contribution is -2.18. The standard InChI is InChI=1S/C14H21ClN2O2/c1-3-4-5-6-9(2)17-13-11(14(18)19)7-10(16)8-12(13)15/h7-9,17H,3-6,16H2,1-2H3,(H,18,19). The molecule has 0 saturated heterocycles. The third kappa shape index (κ3) is 4.63. The van der Waals surface area contributed by atoms with Crippen LogP contribution in [0.4, 0.5) is 11.4 Å². The van der Waals surface area contributed by atoms with Crippen LogP contribution in [0.25, 0.3) is 0 Å². The van der Waals surface area contributed by atoms with E-state index in [4.69, 9.17) is 17.3 Å². The highest BCUT2D eigenvalue weighted by atomic mass is 35.5. The highest BCUT2D eigenvalue weighted by molar-refractivity contribution is 6.34. The summed E-state index contributed by atoms with van der Waals surface area (Å²) in [5.74, 6) is -1.03. The molecule has 0 saturated carbocycles. The normalized spacial score (nSPS) is 12.2. The number of nitrogens with one attached hydrogen (secondary N) is 1. The van der Waals surface area contributed by atoms with Crippen molar-refractivity contribution in [2.24, 2.45) is 0 Å². The lowest BCUT2D eigenvalue weighted by molar-refractivity contribution is 0.0698. The molecule has 0 heterocycles. The predicted molar refractivity (Wildman–Crippen MR) is 80.1 cm³/mol. The molecule has 0 spiro atoms. The number of aromatic carboxylic acids is 1. The second-order valence-electron chi connectivity index (χ2n) is 4.77. The molecule has 0 amide bonds. The van der Waals surface area contributed by atoms with Crippen LogP contribution in [0.5, 0.6) is 0 Å². The van der Waals surface area contributed by atoms with Crippen molar-refractivity contribution in [1.29, 1.82) is 0 Å². The molecule has 0 fully saturated rings. The van der Waals surface area contributed by atoms with Crippen molar-refractivity contribution in [3.05, 3.63) is 22.7 Å². The van der Waals surface area contributed by atoms with Crippen LogP contribution in [0.3, 0.4) is 0 Å². The number of carboxylic acids is 1. The first-order valence-corrected chi connectivity index (χ1v) is 6.92. The van der Waals surface area contributed by atoms with Crippen LogP contribution in [0.15, 0.2) is 12.1 Å². The van der Waals surface area contributed by atoms with Crippen molar-refractivity contribution in [3.8, 4) is 0 Å². The minimum atomic E-state index is -1.03. The van der Waals surface area contributed by atoms with E-state index in [-0.39, 0.29) is 11.6 Å². The fourth-order valence-electron chi connectivity index (χ4n) is 1.96. The molecule has 1 rings (SSSR count). The zero-order valence-corrected chi connectivity index (χ0v) is 12.1. The second-order valence-corrected chi connectivity index (χ2v) is 5.18. The molecule has 5 heteroatoms. The van der Waals surface area contributed by atoms with Crippen molar-refractivity contribution in [3.63, 3.8) is 0 Å². The van der Waals surface area contributed by atoms with Gasteiger partial charge in [-0.25, -0.2) is 4.79 Å². The number of carbonyl (C=O) groups is 1. The Kier molecular flexibility index (Phi) is 5.96. The van der Waals surface area contributed by atoms with Crippen LogP contribution in [0, 0.1) is 0 Å². The van der Waals surface area contributed by atoms with Gasteiger partial charge in [-0.15, -0.1) is 0 Å². The molecule has 4 N–H and O–H groups in total. The van der Waals surface area contributed by atoms with Gasteiger partial charge in [0.05, 0.1) is 16.3 Å². The van der Waals surface area contributed by atoms with E-state index >= 15 is 0 Å². The van der Waals surface area contributed by atoms with E-state index in [1.54, 1.807) is 6.07 Å². The zero-order valence-electron chi connectivity index (χ0n) is 11.4. The van der Waals surface area contributed by atoms with Crippen LogP contribution in [-0.2, 0) is 0 Å².